The van der Waals surface area contributed by atoms with Crippen molar-refractivity contribution in [3.63, 3.8) is 0 Å². The van der Waals surface area contributed by atoms with Crippen molar-refractivity contribution in [2.75, 3.05) is 11.9 Å². The van der Waals surface area contributed by atoms with Crippen LogP contribution in [-0.4, -0.2) is 6.54 Å². The highest BCUT2D eigenvalue weighted by atomic mass is 14.9. The second-order valence-corrected chi connectivity index (χ2v) is 2.55. The third-order valence-corrected chi connectivity index (χ3v) is 1.92. The number of hydrogen-bond donors (Lipinski definition) is 1. The zero-order chi connectivity index (χ0) is 7.68. The van der Waals surface area contributed by atoms with Crippen LogP contribution in [0.2, 0.25) is 0 Å². The molecule has 1 aromatic carbocycles. The van der Waals surface area contributed by atoms with Crippen LogP contribution < -0.4 is 5.32 Å². The molecule has 1 heteroatoms. The Balaban J connectivity index is 2.64. The molecule has 0 unspecified atom stereocenters. The summed E-state index contributed by atoms with van der Waals surface area (Å²) in [6.07, 6.45) is 0. The fraction of sp³-hybridized carbons (Fsp3) is 0.100. The Morgan fingerprint density at radius 1 is 1.36 bits per heavy atom. The zero-order valence-electron chi connectivity index (χ0n) is 6.22. The van der Waals surface area contributed by atoms with Gasteiger partial charge in [-0.15, -0.1) is 5.73 Å². The van der Waals surface area contributed by atoms with Crippen LogP contribution in [0, 0.1) is 0 Å². The number of rotatable bonds is 0. The van der Waals surface area contributed by atoms with E-state index in [2.05, 4.69) is 29.8 Å². The topological polar surface area (TPSA) is 12.0 Å². The van der Waals surface area contributed by atoms with Crippen molar-refractivity contribution >= 4 is 11.3 Å². The zero-order valence-corrected chi connectivity index (χ0v) is 6.22. The lowest BCUT2D eigenvalue weighted by molar-refractivity contribution is 1.45. The molecular formula is C10H9N. The first-order chi connectivity index (χ1) is 5.42. The normalized spacial score (nSPS) is 13.6. The lowest BCUT2D eigenvalue weighted by Crippen LogP contribution is -1.89. The van der Waals surface area contributed by atoms with E-state index < -0.39 is 0 Å². The number of hydrogen-bond acceptors (Lipinski definition) is 1. The van der Waals surface area contributed by atoms with Gasteiger partial charge in [-0.2, -0.15) is 0 Å². The van der Waals surface area contributed by atoms with Crippen LogP contribution in [0.3, 0.4) is 0 Å². The van der Waals surface area contributed by atoms with E-state index in [0.717, 1.165) is 6.54 Å². The molecule has 0 amide bonds. The molecule has 1 N–H and O–H groups in total. The van der Waals surface area contributed by atoms with Crippen molar-refractivity contribution in [3.8, 4) is 0 Å². The summed E-state index contributed by atoms with van der Waals surface area (Å²) in [5.41, 5.74) is 6.52. The Hall–Kier alpha value is -1.46. The smallest absolute Gasteiger partial charge is 0.0480 e. The van der Waals surface area contributed by atoms with Gasteiger partial charge in [0.15, 0.2) is 0 Å². The average molecular weight is 143 g/mol. The predicted octanol–water partition coefficient (Wildman–Crippen LogP) is 2.28. The van der Waals surface area contributed by atoms with E-state index in [1.165, 1.54) is 16.8 Å². The third kappa shape index (κ3) is 0.866. The maximum atomic E-state index is 3.64. The Morgan fingerprint density at radius 2 is 2.18 bits per heavy atom. The molecule has 54 valence electrons. The summed E-state index contributed by atoms with van der Waals surface area (Å²) < 4.78 is 0. The van der Waals surface area contributed by atoms with Crippen molar-refractivity contribution in [2.45, 2.75) is 0 Å². The standard InChI is InChI=1S/C10H9N/c1-2-8-7-11-10-6-4-3-5-9(8)10/h3-6,11H,1,7H2. The molecule has 0 radical (unpaired) electrons. The monoisotopic (exact) mass is 143 g/mol. The summed E-state index contributed by atoms with van der Waals surface area (Å²) in [4.78, 5) is 0. The van der Waals surface area contributed by atoms with E-state index in [9.17, 15) is 0 Å². The molecule has 0 fully saturated rings. The molecule has 0 saturated carbocycles. The molecule has 0 aliphatic carbocycles. The van der Waals surface area contributed by atoms with Gasteiger partial charge in [-0.1, -0.05) is 24.8 Å². The number of fused-ring (bicyclic) bond motifs is 1. The number of anilines is 1. The molecule has 0 aromatic heterocycles. The fourth-order valence-electron chi connectivity index (χ4n) is 1.34. The Kier molecular flexibility index (Phi) is 1.31. The van der Waals surface area contributed by atoms with Crippen molar-refractivity contribution in [3.05, 3.63) is 42.1 Å². The van der Waals surface area contributed by atoms with E-state index in [1.54, 1.807) is 0 Å². The van der Waals surface area contributed by atoms with Gasteiger partial charge in [-0.05, 0) is 6.07 Å². The van der Waals surface area contributed by atoms with Crippen molar-refractivity contribution < 1.29 is 0 Å². The molecule has 0 spiro atoms. The highest BCUT2D eigenvalue weighted by Crippen LogP contribution is 2.28. The fourth-order valence-corrected chi connectivity index (χ4v) is 1.34. The van der Waals surface area contributed by atoms with E-state index in [-0.39, 0.29) is 0 Å². The minimum atomic E-state index is 0.864. The maximum Gasteiger partial charge on any atom is 0.0480 e. The number of nitrogens with one attached hydrogen (secondary N) is 1. The lowest BCUT2D eigenvalue weighted by Gasteiger charge is -1.94. The second-order valence-electron chi connectivity index (χ2n) is 2.55. The molecule has 2 rings (SSSR count). The van der Waals surface area contributed by atoms with Crippen molar-refractivity contribution in [1.82, 2.24) is 0 Å². The van der Waals surface area contributed by atoms with Gasteiger partial charge in [-0.3, -0.25) is 0 Å². The van der Waals surface area contributed by atoms with Crippen LogP contribution in [-0.2, 0) is 0 Å². The van der Waals surface area contributed by atoms with Gasteiger partial charge >= 0.3 is 0 Å². The van der Waals surface area contributed by atoms with Gasteiger partial charge in [0.25, 0.3) is 0 Å². The average Bonchev–Trinajstić information content (AvgIpc) is 2.47. The molecule has 1 heterocycles. The minimum absolute atomic E-state index is 0.864. The summed E-state index contributed by atoms with van der Waals surface area (Å²) in [5, 5.41) is 3.26. The molecule has 11 heavy (non-hydrogen) atoms. The van der Waals surface area contributed by atoms with Crippen LogP contribution in [0.5, 0.6) is 0 Å². The van der Waals surface area contributed by atoms with E-state index in [1.807, 2.05) is 12.1 Å². The molecule has 0 atom stereocenters. The third-order valence-electron chi connectivity index (χ3n) is 1.92. The van der Waals surface area contributed by atoms with Gasteiger partial charge in [0, 0.05) is 23.4 Å². The Labute approximate surface area is 66.1 Å². The van der Waals surface area contributed by atoms with Crippen molar-refractivity contribution in [2.24, 2.45) is 0 Å². The summed E-state index contributed by atoms with van der Waals surface area (Å²) in [6, 6.07) is 8.21. The van der Waals surface area contributed by atoms with E-state index >= 15 is 0 Å². The van der Waals surface area contributed by atoms with Gasteiger partial charge in [0.2, 0.25) is 0 Å². The van der Waals surface area contributed by atoms with Gasteiger partial charge < -0.3 is 5.32 Å². The van der Waals surface area contributed by atoms with Crippen LogP contribution in [0.25, 0.3) is 5.57 Å². The summed E-state index contributed by atoms with van der Waals surface area (Å²) >= 11 is 0. The van der Waals surface area contributed by atoms with E-state index in [0.29, 0.717) is 0 Å². The first-order valence-electron chi connectivity index (χ1n) is 3.64. The summed E-state index contributed by atoms with van der Waals surface area (Å²) in [7, 11) is 0. The van der Waals surface area contributed by atoms with Crippen LogP contribution in [0.4, 0.5) is 5.69 Å². The SMILES string of the molecule is C=C=C1CNc2ccccc21. The first-order valence-corrected chi connectivity index (χ1v) is 3.64. The minimum Gasteiger partial charge on any atom is -0.380 e. The quantitative estimate of drug-likeness (QED) is 0.549. The van der Waals surface area contributed by atoms with Gasteiger partial charge in [0.1, 0.15) is 0 Å². The van der Waals surface area contributed by atoms with Crippen LogP contribution >= 0.6 is 0 Å². The summed E-state index contributed by atoms with van der Waals surface area (Å²) in [5.74, 6) is 0. The highest BCUT2D eigenvalue weighted by Gasteiger charge is 2.12. The Morgan fingerprint density at radius 3 is 3.00 bits per heavy atom. The van der Waals surface area contributed by atoms with Crippen LogP contribution in [0.15, 0.2) is 36.6 Å². The molecular weight excluding hydrogens is 134 g/mol. The molecule has 1 aliphatic rings. The summed E-state index contributed by atoms with van der Waals surface area (Å²) in [6.45, 7) is 4.50. The number of benzene rings is 1. The Bertz CT molecular complexity index is 332. The maximum absolute atomic E-state index is 3.64. The van der Waals surface area contributed by atoms with Crippen LogP contribution in [0.1, 0.15) is 5.56 Å². The molecule has 0 saturated heterocycles. The molecule has 1 aromatic rings. The largest absolute Gasteiger partial charge is 0.380 e. The molecule has 0 bridgehead atoms. The van der Waals surface area contributed by atoms with Gasteiger partial charge in [0.05, 0.1) is 0 Å². The van der Waals surface area contributed by atoms with Gasteiger partial charge in [-0.25, -0.2) is 0 Å². The second kappa shape index (κ2) is 2.30. The lowest BCUT2D eigenvalue weighted by atomic mass is 10.1. The van der Waals surface area contributed by atoms with E-state index in [4.69, 9.17) is 0 Å². The predicted molar refractivity (Wildman–Crippen MR) is 47.5 cm³/mol. The highest BCUT2D eigenvalue weighted by molar-refractivity contribution is 5.83. The first kappa shape index (κ1) is 6.26. The van der Waals surface area contributed by atoms with Crippen molar-refractivity contribution in [1.29, 1.82) is 0 Å². The molecule has 1 nitrogen and oxygen atoms in total. The number of para-hydroxylation sites is 1. The molecule has 1 aliphatic heterocycles.